The molecule has 0 amide bonds. The van der Waals surface area contributed by atoms with Gasteiger partial charge in [0.1, 0.15) is 11.4 Å². The molecule has 3 fully saturated rings. The summed E-state index contributed by atoms with van der Waals surface area (Å²) in [5, 5.41) is 10.2. The highest BCUT2D eigenvalue weighted by molar-refractivity contribution is 8.09. The molecule has 2 unspecified atom stereocenters. The fourth-order valence-corrected chi connectivity index (χ4v) is 8.50. The van der Waals surface area contributed by atoms with Crippen molar-refractivity contribution < 1.29 is 37.6 Å². The Morgan fingerprint density at radius 1 is 1.23 bits per heavy atom. The Kier molecular flexibility index (Phi) is 5.42. The fraction of sp³-hybridized carbons (Fsp3) is 0.577. The average molecular weight is 505 g/mol. The molecule has 188 valence electrons. The third-order valence-electron chi connectivity index (χ3n) is 9.72. The summed E-state index contributed by atoms with van der Waals surface area (Å²) in [5.41, 5.74) is -5.23. The van der Waals surface area contributed by atoms with Crippen molar-refractivity contribution in [3.63, 3.8) is 0 Å². The summed E-state index contributed by atoms with van der Waals surface area (Å²) in [7, 11) is 0. The van der Waals surface area contributed by atoms with Crippen LogP contribution in [0, 0.1) is 28.6 Å². The summed E-state index contributed by atoms with van der Waals surface area (Å²) in [4.78, 5) is 38.4. The Bertz CT molecular complexity index is 1160. The fourth-order valence-electron chi connectivity index (χ4n) is 7.89. The molecule has 4 aliphatic carbocycles. The topological polar surface area (TPSA) is 114 Å². The standard InChI is InChI=1S/C26H29FO7S/c1-14-11-18-17-7-6-15-12-16(28)13-20(29)24(15,3)25(17,27)9-8-23(18,2)26(14,22(31)35-32)34-21(30)19-5-4-10-33-19/h4-5,10,12-14,17-18,29,32H,6-9,11H2,1-3H3/t14-,17?,18?,23+,24-,25-,26+/m1/s1. The van der Waals surface area contributed by atoms with E-state index < -0.39 is 45.0 Å². The number of rotatable bonds is 3. The summed E-state index contributed by atoms with van der Waals surface area (Å²) in [5.74, 6) is -2.88. The Morgan fingerprint density at radius 2 is 1.97 bits per heavy atom. The molecule has 9 heteroatoms. The summed E-state index contributed by atoms with van der Waals surface area (Å²) in [6.07, 6.45) is 5.34. The van der Waals surface area contributed by atoms with Crippen LogP contribution >= 0.6 is 12.0 Å². The Hall–Kier alpha value is -2.39. The largest absolute Gasteiger partial charge is 0.511 e. The third kappa shape index (κ3) is 2.91. The lowest BCUT2D eigenvalue weighted by Gasteiger charge is -2.61. The highest BCUT2D eigenvalue weighted by Gasteiger charge is 2.76. The zero-order valence-corrected chi connectivity index (χ0v) is 20.7. The van der Waals surface area contributed by atoms with Crippen molar-refractivity contribution in [3.05, 3.63) is 47.6 Å². The summed E-state index contributed by atoms with van der Waals surface area (Å²) >= 11 is 0.0285. The van der Waals surface area contributed by atoms with Crippen LogP contribution in [0.3, 0.4) is 0 Å². The molecule has 1 heterocycles. The minimum absolute atomic E-state index is 0.000739. The number of hydrogen-bond acceptors (Lipinski definition) is 8. The number of allylic oxidation sites excluding steroid dienone is 3. The van der Waals surface area contributed by atoms with Crippen LogP contribution in [-0.2, 0) is 14.3 Å². The number of hydrogen-bond donors (Lipinski definition) is 2. The summed E-state index contributed by atoms with van der Waals surface area (Å²) in [6, 6.07) is 2.98. The predicted molar refractivity (Wildman–Crippen MR) is 125 cm³/mol. The van der Waals surface area contributed by atoms with E-state index in [-0.39, 0.29) is 48.1 Å². The van der Waals surface area contributed by atoms with Gasteiger partial charge in [0.15, 0.2) is 11.4 Å². The Labute approximate surface area is 207 Å². The van der Waals surface area contributed by atoms with Crippen LogP contribution in [0.1, 0.15) is 63.4 Å². The van der Waals surface area contributed by atoms with E-state index in [9.17, 15) is 24.0 Å². The van der Waals surface area contributed by atoms with Crippen LogP contribution in [-0.4, -0.2) is 37.8 Å². The molecule has 7 atom stereocenters. The van der Waals surface area contributed by atoms with E-state index in [2.05, 4.69) is 0 Å². The van der Waals surface area contributed by atoms with Gasteiger partial charge in [-0.2, -0.15) is 0 Å². The highest BCUT2D eigenvalue weighted by Crippen LogP contribution is 2.72. The highest BCUT2D eigenvalue weighted by atomic mass is 32.2. The van der Waals surface area contributed by atoms with Gasteiger partial charge in [-0.15, -0.1) is 0 Å². The number of esters is 1. The monoisotopic (exact) mass is 504 g/mol. The van der Waals surface area contributed by atoms with E-state index in [1.807, 2.05) is 6.92 Å². The van der Waals surface area contributed by atoms with Gasteiger partial charge >= 0.3 is 5.97 Å². The van der Waals surface area contributed by atoms with Gasteiger partial charge in [0.2, 0.25) is 5.76 Å². The van der Waals surface area contributed by atoms with E-state index >= 15 is 4.39 Å². The van der Waals surface area contributed by atoms with Crippen molar-refractivity contribution in [2.24, 2.45) is 28.6 Å². The molecule has 4 aliphatic rings. The molecule has 1 aromatic rings. The number of ether oxygens (including phenoxy) is 1. The second kappa shape index (κ2) is 7.80. The molecule has 3 saturated carbocycles. The van der Waals surface area contributed by atoms with Gasteiger partial charge in [-0.05, 0) is 74.6 Å². The SMILES string of the molecule is C[C@@H]1CC2C3CCC4=CC(=O)C=C(O)[C@]4(C)[C@@]3(F)CC[C@]2(C)[C@@]1(OC(=O)c1ccco1)C(=O)SO. The number of aliphatic hydroxyl groups excluding tert-OH is 1. The zero-order chi connectivity index (χ0) is 25.4. The molecule has 5 rings (SSSR count). The Balaban J connectivity index is 1.59. The van der Waals surface area contributed by atoms with Crippen LogP contribution < -0.4 is 0 Å². The number of fused-ring (bicyclic) bond motifs is 5. The number of ketones is 1. The molecule has 0 bridgehead atoms. The van der Waals surface area contributed by atoms with Gasteiger partial charge in [-0.1, -0.05) is 13.8 Å². The van der Waals surface area contributed by atoms with Gasteiger partial charge in [0.05, 0.1) is 23.7 Å². The molecule has 0 aliphatic heterocycles. The van der Waals surface area contributed by atoms with Crippen molar-refractivity contribution in [2.45, 2.75) is 64.1 Å². The van der Waals surface area contributed by atoms with Crippen LogP contribution in [0.25, 0.3) is 0 Å². The number of halogens is 1. The molecule has 2 N–H and O–H groups in total. The summed E-state index contributed by atoms with van der Waals surface area (Å²) in [6.45, 7) is 5.29. The van der Waals surface area contributed by atoms with Crippen molar-refractivity contribution in [1.82, 2.24) is 0 Å². The lowest BCUT2D eigenvalue weighted by molar-refractivity contribution is -0.180. The maximum Gasteiger partial charge on any atom is 0.375 e. The van der Waals surface area contributed by atoms with Crippen molar-refractivity contribution in [1.29, 1.82) is 0 Å². The Morgan fingerprint density at radius 3 is 2.63 bits per heavy atom. The van der Waals surface area contributed by atoms with Crippen LogP contribution in [0.2, 0.25) is 0 Å². The lowest BCUT2D eigenvalue weighted by atomic mass is 9.45. The van der Waals surface area contributed by atoms with E-state index in [4.69, 9.17) is 9.15 Å². The number of furan rings is 1. The number of aliphatic hydroxyl groups is 1. The second-order valence-corrected chi connectivity index (χ2v) is 11.4. The molecule has 1 aromatic heterocycles. The molecule has 7 nitrogen and oxygen atoms in total. The van der Waals surface area contributed by atoms with Crippen molar-refractivity contribution in [3.8, 4) is 0 Å². The minimum Gasteiger partial charge on any atom is -0.511 e. The van der Waals surface area contributed by atoms with Crippen LogP contribution in [0.15, 0.2) is 46.3 Å². The predicted octanol–water partition coefficient (Wildman–Crippen LogP) is 5.44. The lowest BCUT2D eigenvalue weighted by Crippen LogP contribution is -2.65. The van der Waals surface area contributed by atoms with Crippen LogP contribution in [0.5, 0.6) is 0 Å². The van der Waals surface area contributed by atoms with E-state index in [0.29, 0.717) is 24.8 Å². The third-order valence-corrected chi connectivity index (χ3v) is 10.2. The maximum absolute atomic E-state index is 17.3. The first-order valence-electron chi connectivity index (χ1n) is 11.9. The number of carbonyl (C=O) groups is 3. The van der Waals surface area contributed by atoms with Gasteiger partial charge in [0.25, 0.3) is 5.12 Å². The van der Waals surface area contributed by atoms with Gasteiger partial charge in [-0.3, -0.25) is 9.59 Å². The van der Waals surface area contributed by atoms with Gasteiger partial charge < -0.3 is 18.8 Å². The number of alkyl halides is 1. The first kappa shape index (κ1) is 24.3. The van der Waals surface area contributed by atoms with E-state index in [1.54, 1.807) is 13.8 Å². The maximum atomic E-state index is 17.3. The zero-order valence-electron chi connectivity index (χ0n) is 19.9. The average Bonchev–Trinajstić information content (AvgIpc) is 3.42. The summed E-state index contributed by atoms with van der Waals surface area (Å²) < 4.78 is 38.3. The molecule has 0 aromatic carbocycles. The molecule has 35 heavy (non-hydrogen) atoms. The van der Waals surface area contributed by atoms with Crippen molar-refractivity contribution >= 4 is 28.9 Å². The minimum atomic E-state index is -1.85. The molecular weight excluding hydrogens is 475 g/mol. The second-order valence-electron chi connectivity index (χ2n) is 10.9. The molecule has 0 radical (unpaired) electrons. The quantitative estimate of drug-likeness (QED) is 0.413. The smallest absolute Gasteiger partial charge is 0.375 e. The first-order valence-corrected chi connectivity index (χ1v) is 12.7. The normalized spacial score (nSPS) is 42.3. The van der Waals surface area contributed by atoms with Gasteiger partial charge in [0, 0.05) is 17.4 Å². The van der Waals surface area contributed by atoms with Crippen LogP contribution in [0.4, 0.5) is 4.39 Å². The first-order chi connectivity index (χ1) is 16.5. The van der Waals surface area contributed by atoms with Crippen molar-refractivity contribution in [2.75, 3.05) is 0 Å². The molecule has 0 spiro atoms. The molecular formula is C26H29FO7S. The van der Waals surface area contributed by atoms with Gasteiger partial charge in [-0.25, -0.2) is 9.18 Å². The van der Waals surface area contributed by atoms with E-state index in [1.165, 1.54) is 24.5 Å². The molecule has 0 saturated heterocycles. The number of carbonyl (C=O) groups excluding carboxylic acids is 3. The van der Waals surface area contributed by atoms with E-state index in [0.717, 1.165) is 6.08 Å².